The number of aromatic nitrogens is 1. The topological polar surface area (TPSA) is 62.2 Å². The number of nitrogens with zero attached hydrogens (tertiary/aromatic N) is 1. The van der Waals surface area contributed by atoms with Crippen LogP contribution in [0.5, 0.6) is 0 Å². The fraction of sp³-hybridized carbons (Fsp3) is 0.143. The Labute approximate surface area is 118 Å². The average Bonchev–Trinajstić information content (AvgIpc) is 2.40. The summed E-state index contributed by atoms with van der Waals surface area (Å²) in [5, 5.41) is 11.5. The van der Waals surface area contributed by atoms with Crippen LogP contribution in [0.25, 0.3) is 0 Å². The number of hydrogen-bond donors (Lipinski definition) is 2. The standard InChI is InChI=1S/C14H11F3N2O2/c1-8-4-5-9(7-10(8)13(20)21)19-12-11(14(15,16)17)3-2-6-18-12/h2-7H,1H3,(H,18,19)(H,20,21). The van der Waals surface area contributed by atoms with E-state index in [2.05, 4.69) is 10.3 Å². The summed E-state index contributed by atoms with van der Waals surface area (Å²) in [6.07, 6.45) is -3.32. The molecule has 0 amide bonds. The van der Waals surface area contributed by atoms with Crippen molar-refractivity contribution in [3.63, 3.8) is 0 Å². The number of pyridine rings is 1. The number of anilines is 2. The minimum absolute atomic E-state index is 0.0180. The molecule has 0 atom stereocenters. The van der Waals surface area contributed by atoms with Gasteiger partial charge in [0.15, 0.2) is 0 Å². The average molecular weight is 296 g/mol. The van der Waals surface area contributed by atoms with Gasteiger partial charge in [-0.05, 0) is 36.8 Å². The number of carboxylic acid groups (broad SMARTS) is 1. The fourth-order valence-electron chi connectivity index (χ4n) is 1.80. The highest BCUT2D eigenvalue weighted by atomic mass is 19.4. The van der Waals surface area contributed by atoms with Gasteiger partial charge in [0.25, 0.3) is 0 Å². The van der Waals surface area contributed by atoms with Crippen molar-refractivity contribution in [3.8, 4) is 0 Å². The van der Waals surface area contributed by atoms with E-state index in [0.29, 0.717) is 5.56 Å². The van der Waals surface area contributed by atoms with Crippen molar-refractivity contribution in [1.29, 1.82) is 0 Å². The molecule has 2 rings (SSSR count). The summed E-state index contributed by atoms with van der Waals surface area (Å²) < 4.78 is 38.5. The Morgan fingerprint density at radius 3 is 2.62 bits per heavy atom. The lowest BCUT2D eigenvalue weighted by Crippen LogP contribution is -2.10. The molecule has 0 bridgehead atoms. The molecule has 110 valence electrons. The van der Waals surface area contributed by atoms with E-state index in [1.54, 1.807) is 6.92 Å². The van der Waals surface area contributed by atoms with E-state index in [-0.39, 0.29) is 17.1 Å². The summed E-state index contributed by atoms with van der Waals surface area (Å²) >= 11 is 0. The molecule has 0 fully saturated rings. The molecular formula is C14H11F3N2O2. The van der Waals surface area contributed by atoms with Gasteiger partial charge < -0.3 is 10.4 Å². The van der Waals surface area contributed by atoms with Crippen LogP contribution in [-0.4, -0.2) is 16.1 Å². The smallest absolute Gasteiger partial charge is 0.419 e. The minimum Gasteiger partial charge on any atom is -0.478 e. The number of rotatable bonds is 3. The van der Waals surface area contributed by atoms with Crippen molar-refractivity contribution in [2.45, 2.75) is 13.1 Å². The molecule has 4 nitrogen and oxygen atoms in total. The summed E-state index contributed by atoms with van der Waals surface area (Å²) in [5.41, 5.74) is -0.153. The van der Waals surface area contributed by atoms with Crippen LogP contribution in [0.3, 0.4) is 0 Å². The Balaban J connectivity index is 2.40. The predicted molar refractivity (Wildman–Crippen MR) is 70.7 cm³/mol. The number of halogens is 3. The van der Waals surface area contributed by atoms with Crippen LogP contribution < -0.4 is 5.32 Å². The number of alkyl halides is 3. The number of nitrogens with one attached hydrogen (secondary N) is 1. The number of carboxylic acids is 1. The van der Waals surface area contributed by atoms with Crippen LogP contribution >= 0.6 is 0 Å². The molecule has 2 aromatic rings. The van der Waals surface area contributed by atoms with E-state index in [4.69, 9.17) is 5.11 Å². The maximum Gasteiger partial charge on any atom is 0.419 e. The van der Waals surface area contributed by atoms with Gasteiger partial charge in [-0.15, -0.1) is 0 Å². The van der Waals surface area contributed by atoms with E-state index in [0.717, 1.165) is 6.07 Å². The number of aryl methyl sites for hydroxylation is 1. The van der Waals surface area contributed by atoms with Crippen LogP contribution in [0.2, 0.25) is 0 Å². The van der Waals surface area contributed by atoms with Gasteiger partial charge in [-0.25, -0.2) is 9.78 Å². The lowest BCUT2D eigenvalue weighted by Gasteiger charge is -2.14. The first-order valence-corrected chi connectivity index (χ1v) is 5.92. The zero-order chi connectivity index (χ0) is 15.6. The molecular weight excluding hydrogens is 285 g/mol. The third-order valence-electron chi connectivity index (χ3n) is 2.84. The first kappa shape index (κ1) is 14.8. The van der Waals surface area contributed by atoms with Gasteiger partial charge in [-0.1, -0.05) is 6.07 Å². The summed E-state index contributed by atoms with van der Waals surface area (Å²) in [5.74, 6) is -1.52. The van der Waals surface area contributed by atoms with Crippen LogP contribution in [0, 0.1) is 6.92 Å². The Kier molecular flexibility index (Phi) is 3.84. The van der Waals surface area contributed by atoms with Crippen molar-refractivity contribution >= 4 is 17.5 Å². The maximum atomic E-state index is 12.8. The molecule has 7 heteroatoms. The lowest BCUT2D eigenvalue weighted by molar-refractivity contribution is -0.137. The van der Waals surface area contributed by atoms with Crippen molar-refractivity contribution in [2.75, 3.05) is 5.32 Å². The summed E-state index contributed by atoms with van der Waals surface area (Å²) in [7, 11) is 0. The molecule has 1 heterocycles. The quantitative estimate of drug-likeness (QED) is 0.903. The molecule has 0 saturated heterocycles. The van der Waals surface area contributed by atoms with E-state index in [9.17, 15) is 18.0 Å². The summed E-state index contributed by atoms with van der Waals surface area (Å²) in [4.78, 5) is 14.7. The first-order chi connectivity index (χ1) is 9.79. The van der Waals surface area contributed by atoms with E-state index in [1.807, 2.05) is 0 Å². The van der Waals surface area contributed by atoms with Gasteiger partial charge in [-0.2, -0.15) is 13.2 Å². The molecule has 2 N–H and O–H groups in total. The van der Waals surface area contributed by atoms with Gasteiger partial charge in [0.2, 0.25) is 0 Å². The second-order valence-corrected chi connectivity index (χ2v) is 4.36. The maximum absolute atomic E-state index is 12.8. The number of carbonyl (C=O) groups is 1. The molecule has 0 radical (unpaired) electrons. The van der Waals surface area contributed by atoms with Crippen molar-refractivity contribution < 1.29 is 23.1 Å². The van der Waals surface area contributed by atoms with Gasteiger partial charge in [0.1, 0.15) is 5.82 Å². The minimum atomic E-state index is -4.54. The molecule has 0 aliphatic rings. The van der Waals surface area contributed by atoms with Gasteiger partial charge in [0.05, 0.1) is 11.1 Å². The fourth-order valence-corrected chi connectivity index (χ4v) is 1.80. The Bertz CT molecular complexity index is 684. The second kappa shape index (κ2) is 5.43. The normalized spacial score (nSPS) is 11.2. The molecule has 21 heavy (non-hydrogen) atoms. The molecule has 0 spiro atoms. The van der Waals surface area contributed by atoms with Gasteiger partial charge >= 0.3 is 12.1 Å². The van der Waals surface area contributed by atoms with Crippen LogP contribution in [0.15, 0.2) is 36.5 Å². The van der Waals surface area contributed by atoms with Gasteiger partial charge in [0, 0.05) is 11.9 Å². The zero-order valence-electron chi connectivity index (χ0n) is 10.9. The molecule has 0 unspecified atom stereocenters. The van der Waals surface area contributed by atoms with E-state index < -0.39 is 17.7 Å². The molecule has 0 aliphatic carbocycles. The Morgan fingerprint density at radius 1 is 1.29 bits per heavy atom. The lowest BCUT2D eigenvalue weighted by atomic mass is 10.1. The highest BCUT2D eigenvalue weighted by molar-refractivity contribution is 5.90. The second-order valence-electron chi connectivity index (χ2n) is 4.36. The van der Waals surface area contributed by atoms with Gasteiger partial charge in [-0.3, -0.25) is 0 Å². The molecule has 0 aliphatic heterocycles. The Morgan fingerprint density at radius 2 is 2.00 bits per heavy atom. The third-order valence-corrected chi connectivity index (χ3v) is 2.84. The Hall–Kier alpha value is -2.57. The van der Waals surface area contributed by atoms with Crippen molar-refractivity contribution in [2.24, 2.45) is 0 Å². The monoisotopic (exact) mass is 296 g/mol. The molecule has 1 aromatic carbocycles. The molecule has 1 aromatic heterocycles. The highest BCUT2D eigenvalue weighted by Gasteiger charge is 2.34. The third kappa shape index (κ3) is 3.31. The van der Waals surface area contributed by atoms with Crippen molar-refractivity contribution in [1.82, 2.24) is 4.98 Å². The first-order valence-electron chi connectivity index (χ1n) is 5.92. The SMILES string of the molecule is Cc1ccc(Nc2ncccc2C(F)(F)F)cc1C(=O)O. The number of aromatic carboxylic acids is 1. The van der Waals surface area contributed by atoms with E-state index >= 15 is 0 Å². The van der Waals surface area contributed by atoms with Crippen LogP contribution in [0.1, 0.15) is 21.5 Å². The zero-order valence-corrected chi connectivity index (χ0v) is 10.9. The van der Waals surface area contributed by atoms with Crippen LogP contribution in [0.4, 0.5) is 24.7 Å². The molecule has 0 saturated carbocycles. The largest absolute Gasteiger partial charge is 0.478 e. The summed E-state index contributed by atoms with van der Waals surface area (Å²) in [6, 6.07) is 6.37. The highest BCUT2D eigenvalue weighted by Crippen LogP contribution is 2.34. The van der Waals surface area contributed by atoms with Crippen molar-refractivity contribution in [3.05, 3.63) is 53.2 Å². The summed E-state index contributed by atoms with van der Waals surface area (Å²) in [6.45, 7) is 1.61. The van der Waals surface area contributed by atoms with Crippen LogP contribution in [-0.2, 0) is 6.18 Å². The number of benzene rings is 1. The number of hydrogen-bond acceptors (Lipinski definition) is 3. The van der Waals surface area contributed by atoms with E-state index in [1.165, 1.54) is 30.5 Å². The predicted octanol–water partition coefficient (Wildman–Crippen LogP) is 3.85.